The first kappa shape index (κ1) is 11.1. The first-order valence-corrected chi connectivity index (χ1v) is 6.38. The number of rotatable bonds is 1. The minimum atomic E-state index is -0.0772. The number of aromatic nitrogens is 2. The number of aromatic amines is 2. The summed E-state index contributed by atoms with van der Waals surface area (Å²) in [4.78, 5) is 18.3. The van der Waals surface area contributed by atoms with Crippen molar-refractivity contribution in [2.45, 2.75) is 0 Å². The number of fused-ring (bicyclic) bond motifs is 5. The predicted molar refractivity (Wildman–Crippen MR) is 80.5 cm³/mol. The Morgan fingerprint density at radius 3 is 2.55 bits per heavy atom. The van der Waals surface area contributed by atoms with Gasteiger partial charge >= 0.3 is 0 Å². The van der Waals surface area contributed by atoms with E-state index in [0.29, 0.717) is 5.39 Å². The Kier molecular flexibility index (Phi) is 2.15. The highest BCUT2D eigenvalue weighted by molar-refractivity contribution is 6.18. The topological polar surface area (TPSA) is 57.9 Å². The van der Waals surface area contributed by atoms with Gasteiger partial charge in [-0.25, -0.2) is 0 Å². The normalized spacial score (nSPS) is 11.4. The number of hydrogen-bond acceptors (Lipinski definition) is 2. The van der Waals surface area contributed by atoms with E-state index in [-0.39, 0.29) is 5.56 Å². The fourth-order valence-corrected chi connectivity index (χ4v) is 2.75. The van der Waals surface area contributed by atoms with Crippen LogP contribution in [0.25, 0.3) is 32.7 Å². The molecule has 2 N–H and O–H groups in total. The van der Waals surface area contributed by atoms with Crippen LogP contribution in [0, 0.1) is 0 Å². The van der Waals surface area contributed by atoms with Crippen molar-refractivity contribution in [1.29, 1.82) is 0 Å². The van der Waals surface area contributed by atoms with E-state index in [1.165, 1.54) is 0 Å². The van der Waals surface area contributed by atoms with Crippen LogP contribution in [-0.2, 0) is 0 Å². The number of nitrogens with one attached hydrogen (secondary N) is 2. The quantitative estimate of drug-likeness (QED) is 0.554. The lowest BCUT2D eigenvalue weighted by Gasteiger charge is -2.01. The zero-order chi connectivity index (χ0) is 13.7. The summed E-state index contributed by atoms with van der Waals surface area (Å²) in [6.07, 6.45) is 0. The number of hydrogen-bond donors (Lipinski definition) is 2. The molecule has 98 valence electrons. The molecule has 0 aliphatic heterocycles. The van der Waals surface area contributed by atoms with E-state index in [2.05, 4.69) is 9.97 Å². The van der Waals surface area contributed by atoms with Crippen LogP contribution in [0.3, 0.4) is 0 Å². The highest BCUT2D eigenvalue weighted by Gasteiger charge is 2.11. The van der Waals surface area contributed by atoms with Gasteiger partial charge in [0.25, 0.3) is 5.56 Å². The van der Waals surface area contributed by atoms with Crippen molar-refractivity contribution in [3.8, 4) is 5.75 Å². The summed E-state index contributed by atoms with van der Waals surface area (Å²) >= 11 is 0. The maximum Gasteiger partial charge on any atom is 0.257 e. The van der Waals surface area contributed by atoms with Crippen LogP contribution >= 0.6 is 0 Å². The van der Waals surface area contributed by atoms with Gasteiger partial charge in [-0.05, 0) is 29.7 Å². The monoisotopic (exact) mass is 264 g/mol. The van der Waals surface area contributed by atoms with Crippen molar-refractivity contribution >= 4 is 32.7 Å². The second kappa shape index (κ2) is 3.87. The largest absolute Gasteiger partial charge is 0.497 e. The maximum absolute atomic E-state index is 12.1. The van der Waals surface area contributed by atoms with E-state index < -0.39 is 0 Å². The molecule has 0 saturated heterocycles. The lowest BCUT2D eigenvalue weighted by Crippen LogP contribution is -2.05. The van der Waals surface area contributed by atoms with Gasteiger partial charge in [0.15, 0.2) is 0 Å². The standard InChI is InChI=1S/C16H12N2O2/c1-20-9-6-7-13-12(8-9)14-10-4-2-3-5-11(10)16(19)18-15(14)17-13/h2-8H,1H3,(H2,17,18,19). The van der Waals surface area contributed by atoms with Crippen molar-refractivity contribution in [1.82, 2.24) is 9.97 Å². The van der Waals surface area contributed by atoms with Crippen molar-refractivity contribution < 1.29 is 4.74 Å². The fraction of sp³-hybridized carbons (Fsp3) is 0.0625. The van der Waals surface area contributed by atoms with Gasteiger partial charge in [-0.1, -0.05) is 18.2 Å². The van der Waals surface area contributed by atoms with Crippen molar-refractivity contribution in [3.05, 3.63) is 52.8 Å². The van der Waals surface area contributed by atoms with Crippen LogP contribution < -0.4 is 10.3 Å². The van der Waals surface area contributed by atoms with Crippen LogP contribution in [-0.4, -0.2) is 17.1 Å². The minimum absolute atomic E-state index is 0.0772. The molecule has 0 radical (unpaired) electrons. The zero-order valence-electron chi connectivity index (χ0n) is 10.9. The molecule has 4 heteroatoms. The van der Waals surface area contributed by atoms with Gasteiger partial charge in [-0.3, -0.25) is 4.79 Å². The van der Waals surface area contributed by atoms with Gasteiger partial charge in [0.05, 0.1) is 7.11 Å². The zero-order valence-corrected chi connectivity index (χ0v) is 10.9. The summed E-state index contributed by atoms with van der Waals surface area (Å²) < 4.78 is 5.29. The molecule has 0 saturated carbocycles. The summed E-state index contributed by atoms with van der Waals surface area (Å²) in [6, 6.07) is 13.5. The van der Waals surface area contributed by atoms with E-state index in [1.807, 2.05) is 42.5 Å². The molecular weight excluding hydrogens is 252 g/mol. The second-order valence-electron chi connectivity index (χ2n) is 4.79. The van der Waals surface area contributed by atoms with Crippen LogP contribution in [0.1, 0.15) is 0 Å². The van der Waals surface area contributed by atoms with Gasteiger partial charge < -0.3 is 14.7 Å². The van der Waals surface area contributed by atoms with Gasteiger partial charge in [0.1, 0.15) is 11.4 Å². The molecule has 0 fully saturated rings. The molecule has 2 aromatic heterocycles. The first-order chi connectivity index (χ1) is 9.78. The number of pyridine rings is 1. The number of benzene rings is 2. The Hall–Kier alpha value is -2.75. The smallest absolute Gasteiger partial charge is 0.257 e. The van der Waals surface area contributed by atoms with Gasteiger partial charge in [0, 0.05) is 21.7 Å². The van der Waals surface area contributed by atoms with Crippen molar-refractivity contribution in [2.24, 2.45) is 0 Å². The molecule has 0 unspecified atom stereocenters. The maximum atomic E-state index is 12.1. The Morgan fingerprint density at radius 1 is 0.950 bits per heavy atom. The Labute approximate surface area is 114 Å². The third-order valence-electron chi connectivity index (χ3n) is 3.69. The summed E-state index contributed by atoms with van der Waals surface area (Å²) in [7, 11) is 1.65. The van der Waals surface area contributed by atoms with Crippen LogP contribution in [0.5, 0.6) is 5.75 Å². The molecule has 0 amide bonds. The van der Waals surface area contributed by atoms with Crippen LogP contribution in [0.4, 0.5) is 0 Å². The summed E-state index contributed by atoms with van der Waals surface area (Å²) in [5.41, 5.74) is 1.65. The average Bonchev–Trinajstić information content (AvgIpc) is 2.84. The van der Waals surface area contributed by atoms with E-state index in [9.17, 15) is 4.79 Å². The number of methoxy groups -OCH3 is 1. The Balaban J connectivity index is 2.32. The molecule has 4 rings (SSSR count). The van der Waals surface area contributed by atoms with Crippen molar-refractivity contribution in [3.63, 3.8) is 0 Å². The number of H-pyrrole nitrogens is 2. The molecule has 20 heavy (non-hydrogen) atoms. The Bertz CT molecular complexity index is 1010. The molecular formula is C16H12N2O2. The van der Waals surface area contributed by atoms with E-state index >= 15 is 0 Å². The summed E-state index contributed by atoms with van der Waals surface area (Å²) in [5.74, 6) is 0.800. The fourth-order valence-electron chi connectivity index (χ4n) is 2.75. The van der Waals surface area contributed by atoms with Crippen molar-refractivity contribution in [2.75, 3.05) is 7.11 Å². The molecule has 4 aromatic rings. The molecule has 2 aromatic carbocycles. The van der Waals surface area contributed by atoms with E-state index in [0.717, 1.165) is 33.1 Å². The lowest BCUT2D eigenvalue weighted by molar-refractivity contribution is 0.415. The second-order valence-corrected chi connectivity index (χ2v) is 4.79. The van der Waals surface area contributed by atoms with Gasteiger partial charge in [0.2, 0.25) is 0 Å². The lowest BCUT2D eigenvalue weighted by atomic mass is 10.1. The molecule has 0 aliphatic carbocycles. The summed E-state index contributed by atoms with van der Waals surface area (Å²) in [6.45, 7) is 0. The first-order valence-electron chi connectivity index (χ1n) is 6.38. The highest BCUT2D eigenvalue weighted by Crippen LogP contribution is 2.31. The third kappa shape index (κ3) is 1.39. The molecule has 0 spiro atoms. The average molecular weight is 264 g/mol. The van der Waals surface area contributed by atoms with Gasteiger partial charge in [-0.2, -0.15) is 0 Å². The molecule has 0 aliphatic rings. The molecule has 2 heterocycles. The summed E-state index contributed by atoms with van der Waals surface area (Å²) in [5, 5.41) is 3.72. The third-order valence-corrected chi connectivity index (χ3v) is 3.69. The predicted octanol–water partition coefficient (Wildman–Crippen LogP) is 3.17. The highest BCUT2D eigenvalue weighted by atomic mass is 16.5. The molecule has 4 nitrogen and oxygen atoms in total. The van der Waals surface area contributed by atoms with Crippen LogP contribution in [0.2, 0.25) is 0 Å². The SMILES string of the molecule is COc1ccc2[nH]c3[nH]c(=O)c4ccccc4c3c2c1. The Morgan fingerprint density at radius 2 is 1.75 bits per heavy atom. The van der Waals surface area contributed by atoms with Crippen LogP contribution in [0.15, 0.2) is 47.3 Å². The van der Waals surface area contributed by atoms with E-state index in [1.54, 1.807) is 7.11 Å². The minimum Gasteiger partial charge on any atom is -0.497 e. The molecule has 0 atom stereocenters. The van der Waals surface area contributed by atoms with Gasteiger partial charge in [-0.15, -0.1) is 0 Å². The molecule has 0 bridgehead atoms. The van der Waals surface area contributed by atoms with E-state index in [4.69, 9.17) is 4.74 Å². The number of ether oxygens (including phenoxy) is 1.